The Balaban J connectivity index is 2.03. The number of aromatic nitrogens is 2. The van der Waals surface area contributed by atoms with Crippen LogP contribution in [0, 0.1) is 5.92 Å². The number of para-hydroxylation sites is 2. The molecule has 1 aromatic heterocycles. The monoisotopic (exact) mass is 438 g/mol. The molecule has 3 aromatic rings. The number of benzene rings is 2. The van der Waals surface area contributed by atoms with Gasteiger partial charge in [0, 0.05) is 5.56 Å². The first-order chi connectivity index (χ1) is 15.2. The number of hydrogen-bond acceptors (Lipinski definition) is 5. The maximum atomic E-state index is 11.4. The number of ether oxygens (including phenoxy) is 3. The quantitative estimate of drug-likeness (QED) is 0.482. The van der Waals surface area contributed by atoms with Crippen molar-refractivity contribution < 1.29 is 24.1 Å². The van der Waals surface area contributed by atoms with Crippen LogP contribution in [0.15, 0.2) is 54.6 Å². The van der Waals surface area contributed by atoms with E-state index in [0.29, 0.717) is 24.0 Å². The largest absolute Gasteiger partial charge is 0.494 e. The molecule has 0 aliphatic heterocycles. The maximum Gasteiger partial charge on any atom is 0.335 e. The second-order valence-corrected chi connectivity index (χ2v) is 8.44. The van der Waals surface area contributed by atoms with E-state index in [1.54, 1.807) is 11.8 Å². The standard InChI is InChI=1S/C25H30N2O5/c1-17(2)15-31-20-10-8-9-18(13-20)22-14-19(16-32-25(3,4)24(28)29)26-27(22)21-11-6-7-12-23(21)30-5/h6-14,17H,15-16H2,1-5H3,(H,28,29). The van der Waals surface area contributed by atoms with Crippen LogP contribution >= 0.6 is 0 Å². The third-order valence-corrected chi connectivity index (χ3v) is 4.88. The van der Waals surface area contributed by atoms with Crippen LogP contribution in [0.2, 0.25) is 0 Å². The molecule has 0 aliphatic carbocycles. The van der Waals surface area contributed by atoms with E-state index in [1.807, 2.05) is 54.6 Å². The first-order valence-electron chi connectivity index (χ1n) is 10.5. The van der Waals surface area contributed by atoms with E-state index in [-0.39, 0.29) is 6.61 Å². The van der Waals surface area contributed by atoms with Crippen LogP contribution < -0.4 is 9.47 Å². The molecule has 0 amide bonds. The van der Waals surface area contributed by atoms with Gasteiger partial charge in [0.1, 0.15) is 17.2 Å². The summed E-state index contributed by atoms with van der Waals surface area (Å²) in [6, 6.07) is 17.3. The van der Waals surface area contributed by atoms with Gasteiger partial charge in [-0.25, -0.2) is 9.48 Å². The van der Waals surface area contributed by atoms with Crippen molar-refractivity contribution in [3.8, 4) is 28.4 Å². The Morgan fingerprint density at radius 2 is 1.88 bits per heavy atom. The average molecular weight is 439 g/mol. The van der Waals surface area contributed by atoms with Crippen LogP contribution in [0.1, 0.15) is 33.4 Å². The lowest BCUT2D eigenvalue weighted by molar-refractivity contribution is -0.162. The van der Waals surface area contributed by atoms with Crippen LogP contribution in [0.5, 0.6) is 11.5 Å². The van der Waals surface area contributed by atoms with Crippen LogP contribution in [-0.2, 0) is 16.1 Å². The highest BCUT2D eigenvalue weighted by Crippen LogP contribution is 2.31. The van der Waals surface area contributed by atoms with Gasteiger partial charge in [-0.1, -0.05) is 38.1 Å². The van der Waals surface area contributed by atoms with Crippen molar-refractivity contribution >= 4 is 5.97 Å². The van der Waals surface area contributed by atoms with Crippen molar-refractivity contribution in [2.45, 2.75) is 39.9 Å². The molecule has 0 saturated carbocycles. The lowest BCUT2D eigenvalue weighted by atomic mass is 10.1. The number of methoxy groups -OCH3 is 1. The van der Waals surface area contributed by atoms with Crippen molar-refractivity contribution in [3.63, 3.8) is 0 Å². The van der Waals surface area contributed by atoms with E-state index < -0.39 is 11.6 Å². The molecule has 170 valence electrons. The second kappa shape index (κ2) is 9.87. The summed E-state index contributed by atoms with van der Waals surface area (Å²) in [6.07, 6.45) is 0. The zero-order chi connectivity index (χ0) is 23.3. The van der Waals surface area contributed by atoms with E-state index in [0.717, 1.165) is 22.7 Å². The summed E-state index contributed by atoms with van der Waals surface area (Å²) in [5, 5.41) is 14.1. The number of carboxylic acid groups (broad SMARTS) is 1. The lowest BCUT2D eigenvalue weighted by Crippen LogP contribution is -2.34. The van der Waals surface area contributed by atoms with E-state index >= 15 is 0 Å². The van der Waals surface area contributed by atoms with Crippen molar-refractivity contribution in [2.24, 2.45) is 5.92 Å². The predicted molar refractivity (Wildman–Crippen MR) is 122 cm³/mol. The topological polar surface area (TPSA) is 82.8 Å². The van der Waals surface area contributed by atoms with E-state index in [9.17, 15) is 9.90 Å². The van der Waals surface area contributed by atoms with Crippen molar-refractivity contribution in [1.82, 2.24) is 9.78 Å². The highest BCUT2D eigenvalue weighted by atomic mass is 16.5. The molecule has 1 heterocycles. The number of carboxylic acids is 1. The molecule has 0 bridgehead atoms. The minimum absolute atomic E-state index is 0.0536. The first kappa shape index (κ1) is 23.3. The Labute approximate surface area is 188 Å². The Hall–Kier alpha value is -3.32. The minimum atomic E-state index is -1.32. The van der Waals surface area contributed by atoms with Gasteiger partial charge in [0.05, 0.1) is 31.7 Å². The highest BCUT2D eigenvalue weighted by molar-refractivity contribution is 5.76. The predicted octanol–water partition coefficient (Wildman–Crippen LogP) is 4.96. The van der Waals surface area contributed by atoms with E-state index in [2.05, 4.69) is 13.8 Å². The molecule has 0 spiro atoms. The Morgan fingerprint density at radius 1 is 1.12 bits per heavy atom. The van der Waals surface area contributed by atoms with Crippen LogP contribution in [-0.4, -0.2) is 40.2 Å². The van der Waals surface area contributed by atoms with Gasteiger partial charge >= 0.3 is 5.97 Å². The van der Waals surface area contributed by atoms with Crippen molar-refractivity contribution in [2.75, 3.05) is 13.7 Å². The molecule has 7 nitrogen and oxygen atoms in total. The van der Waals surface area contributed by atoms with Gasteiger partial charge in [-0.15, -0.1) is 0 Å². The first-order valence-corrected chi connectivity index (χ1v) is 10.5. The Bertz CT molecular complexity index is 1070. The highest BCUT2D eigenvalue weighted by Gasteiger charge is 2.28. The molecular weight excluding hydrogens is 408 g/mol. The molecule has 7 heteroatoms. The van der Waals surface area contributed by atoms with Gasteiger partial charge in [-0.3, -0.25) is 0 Å². The van der Waals surface area contributed by atoms with Gasteiger partial charge in [0.25, 0.3) is 0 Å². The summed E-state index contributed by atoms with van der Waals surface area (Å²) in [4.78, 5) is 11.4. The third-order valence-electron chi connectivity index (χ3n) is 4.88. The van der Waals surface area contributed by atoms with Crippen LogP contribution in [0.3, 0.4) is 0 Å². The van der Waals surface area contributed by atoms with Gasteiger partial charge in [0.15, 0.2) is 5.60 Å². The molecule has 1 N–H and O–H groups in total. The molecular formula is C25H30N2O5. The second-order valence-electron chi connectivity index (χ2n) is 8.44. The lowest BCUT2D eigenvalue weighted by Gasteiger charge is -2.19. The van der Waals surface area contributed by atoms with E-state index in [4.69, 9.17) is 19.3 Å². The molecule has 0 radical (unpaired) electrons. The fraction of sp³-hybridized carbons (Fsp3) is 0.360. The minimum Gasteiger partial charge on any atom is -0.494 e. The Morgan fingerprint density at radius 3 is 2.56 bits per heavy atom. The molecule has 32 heavy (non-hydrogen) atoms. The molecule has 0 fully saturated rings. The molecule has 3 rings (SSSR count). The molecule has 0 atom stereocenters. The summed E-state index contributed by atoms with van der Waals surface area (Å²) >= 11 is 0. The van der Waals surface area contributed by atoms with Gasteiger partial charge < -0.3 is 19.3 Å². The summed E-state index contributed by atoms with van der Waals surface area (Å²) in [5.74, 6) is 0.826. The summed E-state index contributed by atoms with van der Waals surface area (Å²) < 4.78 is 18.9. The van der Waals surface area contributed by atoms with Gasteiger partial charge in [-0.05, 0) is 50.1 Å². The summed E-state index contributed by atoms with van der Waals surface area (Å²) in [6.45, 7) is 7.92. The summed E-state index contributed by atoms with van der Waals surface area (Å²) in [7, 11) is 1.61. The number of hydrogen-bond donors (Lipinski definition) is 1. The zero-order valence-electron chi connectivity index (χ0n) is 19.2. The smallest absolute Gasteiger partial charge is 0.335 e. The van der Waals surface area contributed by atoms with Crippen LogP contribution in [0.25, 0.3) is 16.9 Å². The number of nitrogens with zero attached hydrogens (tertiary/aromatic N) is 2. The van der Waals surface area contributed by atoms with Crippen molar-refractivity contribution in [1.29, 1.82) is 0 Å². The summed E-state index contributed by atoms with van der Waals surface area (Å²) in [5.41, 5.74) is 1.78. The number of carbonyl (C=O) groups is 1. The van der Waals surface area contributed by atoms with Gasteiger partial charge in [-0.2, -0.15) is 5.10 Å². The third kappa shape index (κ3) is 5.48. The van der Waals surface area contributed by atoms with Crippen LogP contribution in [0.4, 0.5) is 0 Å². The number of rotatable bonds is 10. The number of aliphatic carboxylic acids is 1. The zero-order valence-corrected chi connectivity index (χ0v) is 19.2. The fourth-order valence-corrected chi connectivity index (χ4v) is 3.02. The molecule has 0 unspecified atom stereocenters. The Kier molecular flexibility index (Phi) is 7.20. The van der Waals surface area contributed by atoms with Crippen molar-refractivity contribution in [3.05, 3.63) is 60.3 Å². The van der Waals surface area contributed by atoms with E-state index in [1.165, 1.54) is 13.8 Å². The molecule has 2 aromatic carbocycles. The fourth-order valence-electron chi connectivity index (χ4n) is 3.02. The SMILES string of the molecule is COc1ccccc1-n1nc(COC(C)(C)C(=O)O)cc1-c1cccc(OCC(C)C)c1. The maximum absolute atomic E-state index is 11.4. The normalized spacial score (nSPS) is 11.6. The van der Waals surface area contributed by atoms with Gasteiger partial charge in [0.2, 0.25) is 0 Å². The average Bonchev–Trinajstić information content (AvgIpc) is 3.20. The molecule has 0 aliphatic rings. The molecule has 0 saturated heterocycles.